The third-order valence-electron chi connectivity index (χ3n) is 4.88. The molecule has 2 rings (SSSR count). The second-order valence-electron chi connectivity index (χ2n) is 6.01. The van der Waals surface area contributed by atoms with E-state index in [1.807, 2.05) is 0 Å². The molecule has 1 unspecified atom stereocenters. The first-order chi connectivity index (χ1) is 8.15. The highest BCUT2D eigenvalue weighted by Crippen LogP contribution is 2.39. The zero-order valence-corrected chi connectivity index (χ0v) is 11.3. The van der Waals surface area contributed by atoms with Crippen molar-refractivity contribution in [2.45, 2.75) is 56.6 Å². The largest absolute Gasteiger partial charge is 0.391 e. The first kappa shape index (κ1) is 13.3. The number of ether oxygens (including phenoxy) is 1. The topological polar surface area (TPSA) is 32.7 Å². The van der Waals surface area contributed by atoms with E-state index >= 15 is 0 Å². The van der Waals surface area contributed by atoms with Gasteiger partial charge in [-0.25, -0.2) is 0 Å². The molecule has 100 valence electrons. The van der Waals surface area contributed by atoms with Crippen molar-refractivity contribution in [2.75, 3.05) is 27.3 Å². The summed E-state index contributed by atoms with van der Waals surface area (Å²) in [5.74, 6) is 0.663. The van der Waals surface area contributed by atoms with Gasteiger partial charge in [0.25, 0.3) is 0 Å². The number of aliphatic hydroxyl groups is 1. The molecule has 0 spiro atoms. The number of hydrogen-bond acceptors (Lipinski definition) is 3. The SMILES string of the molecule is CN(C)C1(C(O)CC2CCOCC2)CCCC1. The fourth-order valence-electron chi connectivity index (χ4n) is 3.58. The van der Waals surface area contributed by atoms with Gasteiger partial charge in [0.1, 0.15) is 0 Å². The first-order valence-electron chi connectivity index (χ1n) is 7.08. The molecule has 0 aromatic rings. The Labute approximate surface area is 105 Å². The summed E-state index contributed by atoms with van der Waals surface area (Å²) in [4.78, 5) is 2.27. The molecule has 1 heterocycles. The van der Waals surface area contributed by atoms with E-state index in [2.05, 4.69) is 19.0 Å². The lowest BCUT2D eigenvalue weighted by Gasteiger charge is -2.42. The molecule has 3 heteroatoms. The van der Waals surface area contributed by atoms with Crippen LogP contribution in [0.15, 0.2) is 0 Å². The van der Waals surface area contributed by atoms with Crippen molar-refractivity contribution in [2.24, 2.45) is 5.92 Å². The van der Waals surface area contributed by atoms with Crippen molar-refractivity contribution in [1.29, 1.82) is 0 Å². The molecular weight excluding hydrogens is 214 g/mol. The Balaban J connectivity index is 1.94. The maximum absolute atomic E-state index is 10.6. The zero-order chi connectivity index (χ0) is 12.3. The molecule has 0 bridgehead atoms. The average Bonchev–Trinajstić information content (AvgIpc) is 2.80. The molecule has 1 atom stereocenters. The monoisotopic (exact) mass is 241 g/mol. The van der Waals surface area contributed by atoms with Gasteiger partial charge < -0.3 is 14.7 Å². The van der Waals surface area contributed by atoms with E-state index in [4.69, 9.17) is 4.74 Å². The van der Waals surface area contributed by atoms with Crippen LogP contribution in [0.4, 0.5) is 0 Å². The van der Waals surface area contributed by atoms with Crippen LogP contribution < -0.4 is 0 Å². The second-order valence-corrected chi connectivity index (χ2v) is 6.01. The summed E-state index contributed by atoms with van der Waals surface area (Å²) in [6.45, 7) is 1.76. The van der Waals surface area contributed by atoms with Gasteiger partial charge in [0.2, 0.25) is 0 Å². The van der Waals surface area contributed by atoms with Crippen LogP contribution >= 0.6 is 0 Å². The van der Waals surface area contributed by atoms with Crippen molar-refractivity contribution in [3.63, 3.8) is 0 Å². The van der Waals surface area contributed by atoms with Gasteiger partial charge in [-0.15, -0.1) is 0 Å². The Morgan fingerprint density at radius 2 is 1.82 bits per heavy atom. The molecule has 2 aliphatic rings. The molecule has 0 aromatic heterocycles. The predicted molar refractivity (Wildman–Crippen MR) is 69.1 cm³/mol. The molecule has 1 saturated heterocycles. The molecule has 0 radical (unpaired) electrons. The van der Waals surface area contributed by atoms with Gasteiger partial charge in [-0.1, -0.05) is 12.8 Å². The zero-order valence-electron chi connectivity index (χ0n) is 11.3. The lowest BCUT2D eigenvalue weighted by atomic mass is 9.81. The number of rotatable bonds is 4. The molecule has 0 amide bonds. The van der Waals surface area contributed by atoms with Crippen LogP contribution in [0, 0.1) is 5.92 Å². The smallest absolute Gasteiger partial charge is 0.0726 e. The van der Waals surface area contributed by atoms with Crippen molar-refractivity contribution < 1.29 is 9.84 Å². The van der Waals surface area contributed by atoms with Crippen molar-refractivity contribution in [3.05, 3.63) is 0 Å². The molecule has 17 heavy (non-hydrogen) atoms. The van der Waals surface area contributed by atoms with Gasteiger partial charge >= 0.3 is 0 Å². The predicted octanol–water partition coefficient (Wildman–Crippen LogP) is 2.04. The summed E-state index contributed by atoms with van der Waals surface area (Å²) < 4.78 is 5.39. The van der Waals surface area contributed by atoms with E-state index in [1.165, 1.54) is 12.8 Å². The Bertz CT molecular complexity index is 230. The summed E-state index contributed by atoms with van der Waals surface area (Å²) >= 11 is 0. The molecule has 3 nitrogen and oxygen atoms in total. The minimum atomic E-state index is -0.164. The lowest BCUT2D eigenvalue weighted by molar-refractivity contribution is -0.0302. The summed E-state index contributed by atoms with van der Waals surface area (Å²) in [5, 5.41) is 10.6. The second kappa shape index (κ2) is 5.68. The quantitative estimate of drug-likeness (QED) is 0.817. The van der Waals surface area contributed by atoms with Crippen LogP contribution in [-0.2, 0) is 4.74 Å². The van der Waals surface area contributed by atoms with Gasteiger partial charge in [-0.2, -0.15) is 0 Å². The molecule has 1 aliphatic heterocycles. The van der Waals surface area contributed by atoms with Crippen LogP contribution in [0.2, 0.25) is 0 Å². The van der Waals surface area contributed by atoms with Crippen LogP contribution in [0.1, 0.15) is 44.9 Å². The molecule has 0 aromatic carbocycles. The minimum Gasteiger partial charge on any atom is -0.391 e. The van der Waals surface area contributed by atoms with E-state index in [9.17, 15) is 5.11 Å². The number of hydrogen-bond donors (Lipinski definition) is 1. The normalized spacial score (nSPS) is 27.5. The Morgan fingerprint density at radius 1 is 1.24 bits per heavy atom. The van der Waals surface area contributed by atoms with Crippen LogP contribution in [0.25, 0.3) is 0 Å². The van der Waals surface area contributed by atoms with E-state index < -0.39 is 0 Å². The minimum absolute atomic E-state index is 0.0539. The maximum Gasteiger partial charge on any atom is 0.0726 e. The van der Waals surface area contributed by atoms with E-state index in [1.54, 1.807) is 0 Å². The first-order valence-corrected chi connectivity index (χ1v) is 7.08. The Morgan fingerprint density at radius 3 is 2.35 bits per heavy atom. The van der Waals surface area contributed by atoms with E-state index in [-0.39, 0.29) is 11.6 Å². The molecule has 1 N–H and O–H groups in total. The number of likely N-dealkylation sites (N-methyl/N-ethyl adjacent to an activating group) is 1. The van der Waals surface area contributed by atoms with Gasteiger partial charge in [-0.05, 0) is 52.1 Å². The average molecular weight is 241 g/mol. The summed E-state index contributed by atoms with van der Waals surface area (Å²) in [7, 11) is 4.25. The van der Waals surface area contributed by atoms with Crippen molar-refractivity contribution >= 4 is 0 Å². The molecular formula is C14H27NO2. The Kier molecular flexibility index (Phi) is 4.45. The van der Waals surface area contributed by atoms with Crippen LogP contribution in [-0.4, -0.2) is 49.0 Å². The van der Waals surface area contributed by atoms with Crippen molar-refractivity contribution in [1.82, 2.24) is 4.90 Å². The Hall–Kier alpha value is -0.120. The van der Waals surface area contributed by atoms with Gasteiger partial charge in [0.15, 0.2) is 0 Å². The standard InChI is InChI=1S/C14H27NO2/c1-15(2)14(7-3-4-8-14)13(16)11-12-5-9-17-10-6-12/h12-13,16H,3-11H2,1-2H3. The molecule has 1 aliphatic carbocycles. The van der Waals surface area contributed by atoms with Crippen molar-refractivity contribution in [3.8, 4) is 0 Å². The summed E-state index contributed by atoms with van der Waals surface area (Å²) in [6, 6.07) is 0. The molecule has 2 fully saturated rings. The van der Waals surface area contributed by atoms with E-state index in [0.29, 0.717) is 5.92 Å². The maximum atomic E-state index is 10.6. The highest BCUT2D eigenvalue weighted by Gasteiger charge is 2.43. The highest BCUT2D eigenvalue weighted by molar-refractivity contribution is 4.99. The number of aliphatic hydroxyl groups excluding tert-OH is 1. The van der Waals surface area contributed by atoms with Gasteiger partial charge in [0, 0.05) is 18.8 Å². The van der Waals surface area contributed by atoms with Crippen LogP contribution in [0.3, 0.4) is 0 Å². The molecule has 1 saturated carbocycles. The third-order valence-corrected chi connectivity index (χ3v) is 4.88. The number of nitrogens with zero attached hydrogens (tertiary/aromatic N) is 1. The summed E-state index contributed by atoms with van der Waals surface area (Å²) in [5.41, 5.74) is 0.0539. The third kappa shape index (κ3) is 2.83. The highest BCUT2D eigenvalue weighted by atomic mass is 16.5. The summed E-state index contributed by atoms with van der Waals surface area (Å²) in [6.07, 6.45) is 7.90. The fraction of sp³-hybridized carbons (Fsp3) is 1.00. The van der Waals surface area contributed by atoms with E-state index in [0.717, 1.165) is 45.3 Å². The fourth-order valence-corrected chi connectivity index (χ4v) is 3.58. The van der Waals surface area contributed by atoms with Gasteiger partial charge in [0.05, 0.1) is 6.10 Å². The van der Waals surface area contributed by atoms with Crippen LogP contribution in [0.5, 0.6) is 0 Å². The van der Waals surface area contributed by atoms with Gasteiger partial charge in [-0.3, -0.25) is 0 Å². The lowest BCUT2D eigenvalue weighted by Crippen LogP contribution is -2.52.